The number of likely N-dealkylation sites (tertiary alicyclic amines) is 1. The van der Waals surface area contributed by atoms with E-state index in [2.05, 4.69) is 10.1 Å². The van der Waals surface area contributed by atoms with Gasteiger partial charge in [0.2, 0.25) is 18.1 Å². The molecular formula is C16H21FN4O2. The summed E-state index contributed by atoms with van der Waals surface area (Å²) in [6.07, 6.45) is 2.52. The summed E-state index contributed by atoms with van der Waals surface area (Å²) in [4.78, 5) is 16.8. The van der Waals surface area contributed by atoms with Gasteiger partial charge >= 0.3 is 0 Å². The van der Waals surface area contributed by atoms with Crippen LogP contribution in [-0.2, 0) is 4.79 Å². The number of nitrogens with zero attached hydrogens (tertiary/aromatic N) is 3. The molecule has 1 saturated heterocycles. The van der Waals surface area contributed by atoms with Crippen molar-refractivity contribution in [3.05, 3.63) is 36.0 Å². The number of amides is 1. The fourth-order valence-corrected chi connectivity index (χ4v) is 2.37. The molecule has 0 unspecified atom stereocenters. The molecule has 1 aliphatic rings. The smallest absolute Gasteiger partial charge is 0.230 e. The number of halogens is 1. The lowest BCUT2D eigenvalue weighted by atomic mass is 9.97. The summed E-state index contributed by atoms with van der Waals surface area (Å²) in [5.41, 5.74) is 5.58. The lowest BCUT2D eigenvalue weighted by Crippen LogP contribution is -2.31. The van der Waals surface area contributed by atoms with Crippen LogP contribution in [0.3, 0.4) is 0 Å². The normalized spacial score (nSPS) is 15.0. The van der Waals surface area contributed by atoms with Gasteiger partial charge in [-0.05, 0) is 43.7 Å². The second kappa shape index (κ2) is 8.38. The van der Waals surface area contributed by atoms with E-state index in [4.69, 9.17) is 10.3 Å². The highest BCUT2D eigenvalue weighted by Gasteiger charge is 2.24. The van der Waals surface area contributed by atoms with Gasteiger partial charge in [-0.15, -0.1) is 0 Å². The summed E-state index contributed by atoms with van der Waals surface area (Å²) in [5, 5.41) is 3.94. The highest BCUT2D eigenvalue weighted by molar-refractivity contribution is 5.53. The molecule has 1 fully saturated rings. The van der Waals surface area contributed by atoms with Crippen molar-refractivity contribution >= 4 is 6.41 Å². The zero-order valence-corrected chi connectivity index (χ0v) is 13.1. The third kappa shape index (κ3) is 4.59. The van der Waals surface area contributed by atoms with Crippen molar-refractivity contribution in [2.75, 3.05) is 19.6 Å². The Balaban J connectivity index is 0.000000595. The Kier molecular flexibility index (Phi) is 6.22. The Morgan fingerprint density at radius 1 is 1.35 bits per heavy atom. The van der Waals surface area contributed by atoms with Gasteiger partial charge < -0.3 is 15.2 Å². The quantitative estimate of drug-likeness (QED) is 0.876. The van der Waals surface area contributed by atoms with Gasteiger partial charge in [0, 0.05) is 24.6 Å². The first kappa shape index (κ1) is 17.1. The minimum Gasteiger partial charge on any atom is -0.345 e. The fraction of sp³-hybridized carbons (Fsp3) is 0.438. The van der Waals surface area contributed by atoms with Crippen molar-refractivity contribution < 1.29 is 13.7 Å². The molecule has 1 aromatic heterocycles. The summed E-state index contributed by atoms with van der Waals surface area (Å²) in [5.74, 6) is 0.958. The van der Waals surface area contributed by atoms with Crippen molar-refractivity contribution in [2.45, 2.75) is 25.7 Å². The molecule has 1 amide bonds. The number of nitrogens with two attached hydrogens (primary N) is 1. The highest BCUT2D eigenvalue weighted by Crippen LogP contribution is 2.28. The topological polar surface area (TPSA) is 85.3 Å². The molecule has 0 atom stereocenters. The van der Waals surface area contributed by atoms with Crippen molar-refractivity contribution in [1.29, 1.82) is 0 Å². The summed E-state index contributed by atoms with van der Waals surface area (Å²) in [7, 11) is 0. The van der Waals surface area contributed by atoms with Crippen LogP contribution in [0, 0.1) is 5.82 Å². The molecule has 1 aromatic carbocycles. The minimum atomic E-state index is -0.293. The predicted molar refractivity (Wildman–Crippen MR) is 84.0 cm³/mol. The SMILES string of the molecule is CCN.O=CN1CCC(c2nc(-c3ccc(F)cc3)no2)CC1. The second-order valence-electron chi connectivity index (χ2n) is 5.29. The molecule has 0 saturated carbocycles. The first-order chi connectivity index (χ1) is 11.2. The number of hydrogen-bond acceptors (Lipinski definition) is 5. The van der Waals surface area contributed by atoms with Gasteiger partial charge in [0.1, 0.15) is 5.82 Å². The predicted octanol–water partition coefficient (Wildman–Crippen LogP) is 2.18. The van der Waals surface area contributed by atoms with Crippen molar-refractivity contribution in [1.82, 2.24) is 15.0 Å². The molecule has 7 heteroatoms. The minimum absolute atomic E-state index is 0.188. The van der Waals surface area contributed by atoms with Crippen LogP contribution in [-0.4, -0.2) is 41.1 Å². The maximum atomic E-state index is 12.9. The number of rotatable bonds is 3. The number of benzene rings is 1. The standard InChI is InChI=1S/C14H14FN3O2.C2H7N/c15-12-3-1-10(2-4-12)13-16-14(20-17-13)11-5-7-18(9-19)8-6-11;1-2-3/h1-4,9,11H,5-8H2;2-3H2,1H3. The molecule has 124 valence electrons. The van der Waals surface area contributed by atoms with Crippen LogP contribution in [0.5, 0.6) is 0 Å². The van der Waals surface area contributed by atoms with Crippen molar-refractivity contribution in [3.8, 4) is 11.4 Å². The van der Waals surface area contributed by atoms with Crippen LogP contribution >= 0.6 is 0 Å². The molecule has 6 nitrogen and oxygen atoms in total. The molecule has 3 rings (SSSR count). The summed E-state index contributed by atoms with van der Waals surface area (Å²) < 4.78 is 18.2. The maximum absolute atomic E-state index is 12.9. The van der Waals surface area contributed by atoms with E-state index < -0.39 is 0 Å². The average molecular weight is 320 g/mol. The van der Waals surface area contributed by atoms with Crippen LogP contribution in [0.25, 0.3) is 11.4 Å². The van der Waals surface area contributed by atoms with Crippen LogP contribution in [0.2, 0.25) is 0 Å². The number of piperidine rings is 1. The van der Waals surface area contributed by atoms with Gasteiger partial charge in [0.25, 0.3) is 0 Å². The first-order valence-electron chi connectivity index (χ1n) is 7.66. The van der Waals surface area contributed by atoms with E-state index in [0.29, 0.717) is 24.8 Å². The molecule has 2 aromatic rings. The van der Waals surface area contributed by atoms with E-state index >= 15 is 0 Å². The Labute approximate surface area is 134 Å². The Morgan fingerprint density at radius 3 is 2.52 bits per heavy atom. The van der Waals surface area contributed by atoms with E-state index in [0.717, 1.165) is 31.4 Å². The highest BCUT2D eigenvalue weighted by atomic mass is 19.1. The summed E-state index contributed by atoms with van der Waals surface area (Å²) >= 11 is 0. The van der Waals surface area contributed by atoms with Crippen LogP contribution < -0.4 is 5.73 Å². The monoisotopic (exact) mass is 320 g/mol. The molecule has 1 aliphatic heterocycles. The second-order valence-corrected chi connectivity index (χ2v) is 5.29. The van der Waals surface area contributed by atoms with Crippen molar-refractivity contribution in [2.24, 2.45) is 5.73 Å². The molecule has 0 aliphatic carbocycles. The van der Waals surface area contributed by atoms with Crippen molar-refractivity contribution in [3.63, 3.8) is 0 Å². The van der Waals surface area contributed by atoms with Crippen LogP contribution in [0.1, 0.15) is 31.6 Å². The number of aromatic nitrogens is 2. The molecular weight excluding hydrogens is 299 g/mol. The largest absolute Gasteiger partial charge is 0.345 e. The zero-order chi connectivity index (χ0) is 16.7. The summed E-state index contributed by atoms with van der Waals surface area (Å²) in [6, 6.07) is 5.99. The van der Waals surface area contributed by atoms with Gasteiger partial charge in [-0.3, -0.25) is 4.79 Å². The van der Waals surface area contributed by atoms with E-state index in [1.165, 1.54) is 12.1 Å². The number of hydrogen-bond donors (Lipinski definition) is 1. The van der Waals surface area contributed by atoms with E-state index in [1.807, 2.05) is 6.92 Å². The average Bonchev–Trinajstić information content (AvgIpc) is 3.06. The lowest BCUT2D eigenvalue weighted by Gasteiger charge is -2.26. The number of carbonyl (C=O) groups is 1. The third-order valence-electron chi connectivity index (χ3n) is 3.57. The molecule has 2 heterocycles. The van der Waals surface area contributed by atoms with Crippen LogP contribution in [0.4, 0.5) is 4.39 Å². The summed E-state index contributed by atoms with van der Waals surface area (Å²) in [6.45, 7) is 4.07. The van der Waals surface area contributed by atoms with Gasteiger partial charge in [-0.2, -0.15) is 4.98 Å². The number of carbonyl (C=O) groups excluding carboxylic acids is 1. The molecule has 2 N–H and O–H groups in total. The Morgan fingerprint density at radius 2 is 1.96 bits per heavy atom. The Hall–Kier alpha value is -2.28. The van der Waals surface area contributed by atoms with Gasteiger partial charge in [-0.25, -0.2) is 4.39 Å². The zero-order valence-electron chi connectivity index (χ0n) is 13.1. The van der Waals surface area contributed by atoms with Crippen LogP contribution in [0.15, 0.2) is 28.8 Å². The third-order valence-corrected chi connectivity index (χ3v) is 3.57. The maximum Gasteiger partial charge on any atom is 0.230 e. The Bertz CT molecular complexity index is 607. The molecule has 0 spiro atoms. The molecule has 0 bridgehead atoms. The first-order valence-corrected chi connectivity index (χ1v) is 7.66. The van der Waals surface area contributed by atoms with Gasteiger partial charge in [0.15, 0.2) is 0 Å². The molecule has 0 radical (unpaired) electrons. The van der Waals surface area contributed by atoms with E-state index in [-0.39, 0.29) is 11.7 Å². The van der Waals surface area contributed by atoms with E-state index in [9.17, 15) is 9.18 Å². The van der Waals surface area contributed by atoms with E-state index in [1.54, 1.807) is 17.0 Å². The molecule has 23 heavy (non-hydrogen) atoms. The van der Waals surface area contributed by atoms with Gasteiger partial charge in [-0.1, -0.05) is 12.1 Å². The van der Waals surface area contributed by atoms with Gasteiger partial charge in [0.05, 0.1) is 0 Å². The fourth-order valence-electron chi connectivity index (χ4n) is 2.37. The lowest BCUT2D eigenvalue weighted by molar-refractivity contribution is -0.119.